The average Bonchev–Trinajstić information content (AvgIpc) is 2.26. The Bertz CT molecular complexity index is 359. The van der Waals surface area contributed by atoms with Crippen LogP contribution in [0.5, 0.6) is 5.75 Å². The van der Waals surface area contributed by atoms with E-state index in [1.165, 1.54) is 13.2 Å². The largest absolute Gasteiger partial charge is 0.497 e. The maximum Gasteiger partial charge on any atom is 0.287 e. The van der Waals surface area contributed by atoms with E-state index in [2.05, 4.69) is 5.32 Å². The fourth-order valence-corrected chi connectivity index (χ4v) is 1.13. The Labute approximate surface area is 92.0 Å². The van der Waals surface area contributed by atoms with Crippen molar-refractivity contribution in [2.75, 3.05) is 31.3 Å². The molecular weight excluding hydrogens is 218 g/mol. The van der Waals surface area contributed by atoms with Gasteiger partial charge >= 0.3 is 0 Å². The van der Waals surface area contributed by atoms with Gasteiger partial charge in [0.05, 0.1) is 13.7 Å². The maximum absolute atomic E-state index is 12.7. The molecule has 1 rings (SSSR count). The number of aliphatic hydroxyl groups is 1. The standard InChI is InChI=1S/C10H14F2N2O2/c1-16-9-3-7(13)2-8(4-9)14-5-10(11,12)6-15/h2-4,14-15H,5-6,13H2,1H3. The van der Waals surface area contributed by atoms with Crippen LogP contribution in [0, 0.1) is 0 Å². The summed E-state index contributed by atoms with van der Waals surface area (Å²) >= 11 is 0. The normalized spacial score (nSPS) is 11.2. The lowest BCUT2D eigenvalue weighted by Gasteiger charge is -2.15. The maximum atomic E-state index is 12.7. The van der Waals surface area contributed by atoms with E-state index in [0.29, 0.717) is 17.1 Å². The highest BCUT2D eigenvalue weighted by molar-refractivity contribution is 5.59. The Morgan fingerprint density at radius 2 is 2.12 bits per heavy atom. The first-order valence-corrected chi connectivity index (χ1v) is 4.64. The van der Waals surface area contributed by atoms with Crippen LogP contribution in [0.3, 0.4) is 0 Å². The van der Waals surface area contributed by atoms with Crippen LogP contribution in [0.2, 0.25) is 0 Å². The zero-order valence-electron chi connectivity index (χ0n) is 8.84. The minimum atomic E-state index is -3.15. The number of nitrogens with two attached hydrogens (primary N) is 1. The van der Waals surface area contributed by atoms with E-state index in [0.717, 1.165) is 0 Å². The molecule has 0 saturated heterocycles. The molecule has 0 aromatic heterocycles. The van der Waals surface area contributed by atoms with Crippen molar-refractivity contribution in [3.63, 3.8) is 0 Å². The Morgan fingerprint density at radius 1 is 1.44 bits per heavy atom. The van der Waals surface area contributed by atoms with E-state index in [1.807, 2.05) is 0 Å². The van der Waals surface area contributed by atoms with Crippen LogP contribution in [0.25, 0.3) is 0 Å². The molecule has 90 valence electrons. The molecule has 0 saturated carbocycles. The van der Waals surface area contributed by atoms with Crippen LogP contribution >= 0.6 is 0 Å². The Morgan fingerprint density at radius 3 is 2.69 bits per heavy atom. The van der Waals surface area contributed by atoms with Gasteiger partial charge in [0.25, 0.3) is 5.92 Å². The number of nitrogen functional groups attached to an aromatic ring is 1. The molecule has 4 N–H and O–H groups in total. The van der Waals surface area contributed by atoms with Crippen LogP contribution in [0.15, 0.2) is 18.2 Å². The summed E-state index contributed by atoms with van der Waals surface area (Å²) in [5, 5.41) is 10.9. The van der Waals surface area contributed by atoms with E-state index >= 15 is 0 Å². The quantitative estimate of drug-likeness (QED) is 0.670. The molecule has 0 heterocycles. The molecule has 0 radical (unpaired) electrons. The number of rotatable bonds is 5. The molecule has 0 unspecified atom stereocenters. The molecule has 0 amide bonds. The summed E-state index contributed by atoms with van der Waals surface area (Å²) in [5.41, 5.74) is 6.38. The SMILES string of the molecule is COc1cc(N)cc(NCC(F)(F)CO)c1. The highest BCUT2D eigenvalue weighted by Crippen LogP contribution is 2.23. The van der Waals surface area contributed by atoms with E-state index in [-0.39, 0.29) is 0 Å². The molecule has 6 heteroatoms. The van der Waals surface area contributed by atoms with Gasteiger partial charge in [-0.25, -0.2) is 8.78 Å². The summed E-state index contributed by atoms with van der Waals surface area (Å²) in [5.74, 6) is -2.67. The summed E-state index contributed by atoms with van der Waals surface area (Å²) in [6.45, 7) is -1.85. The van der Waals surface area contributed by atoms with E-state index in [9.17, 15) is 8.78 Å². The van der Waals surface area contributed by atoms with Gasteiger partial charge in [0.1, 0.15) is 12.4 Å². The molecule has 16 heavy (non-hydrogen) atoms. The molecule has 0 atom stereocenters. The predicted octanol–water partition coefficient (Wildman–Crippen LogP) is 1.32. The molecule has 0 bridgehead atoms. The van der Waals surface area contributed by atoms with Gasteiger partial charge in [-0.15, -0.1) is 0 Å². The summed E-state index contributed by atoms with van der Waals surface area (Å²) in [6.07, 6.45) is 0. The second-order valence-corrected chi connectivity index (χ2v) is 3.36. The van der Waals surface area contributed by atoms with Crippen LogP contribution in [0.4, 0.5) is 20.2 Å². The Kier molecular flexibility index (Phi) is 3.89. The molecule has 0 spiro atoms. The first-order chi connectivity index (χ1) is 7.46. The molecule has 0 fully saturated rings. The number of nitrogens with one attached hydrogen (secondary N) is 1. The summed E-state index contributed by atoms with van der Waals surface area (Å²) < 4.78 is 30.4. The summed E-state index contributed by atoms with van der Waals surface area (Å²) in [6, 6.07) is 4.63. The third-order valence-electron chi connectivity index (χ3n) is 1.95. The average molecular weight is 232 g/mol. The molecule has 0 aliphatic carbocycles. The van der Waals surface area contributed by atoms with Crippen molar-refractivity contribution < 1.29 is 18.6 Å². The number of anilines is 2. The minimum absolute atomic E-state index is 0.411. The lowest BCUT2D eigenvalue weighted by molar-refractivity contribution is -0.0372. The van der Waals surface area contributed by atoms with Gasteiger partial charge in [-0.05, 0) is 6.07 Å². The smallest absolute Gasteiger partial charge is 0.287 e. The van der Waals surface area contributed by atoms with Crippen molar-refractivity contribution in [3.05, 3.63) is 18.2 Å². The van der Waals surface area contributed by atoms with Crippen LogP contribution in [-0.4, -0.2) is 31.3 Å². The van der Waals surface area contributed by atoms with Crippen molar-refractivity contribution in [3.8, 4) is 5.75 Å². The van der Waals surface area contributed by atoms with Crippen LogP contribution in [-0.2, 0) is 0 Å². The van der Waals surface area contributed by atoms with Crippen molar-refractivity contribution in [2.24, 2.45) is 0 Å². The van der Waals surface area contributed by atoms with Crippen LogP contribution in [0.1, 0.15) is 0 Å². The number of hydrogen-bond acceptors (Lipinski definition) is 4. The zero-order valence-corrected chi connectivity index (χ0v) is 8.84. The molecule has 4 nitrogen and oxygen atoms in total. The fourth-order valence-electron chi connectivity index (χ4n) is 1.13. The van der Waals surface area contributed by atoms with Gasteiger partial charge in [0.2, 0.25) is 0 Å². The number of methoxy groups -OCH3 is 1. The minimum Gasteiger partial charge on any atom is -0.497 e. The van der Waals surface area contributed by atoms with Gasteiger partial charge < -0.3 is 20.9 Å². The van der Waals surface area contributed by atoms with E-state index < -0.39 is 19.1 Å². The highest BCUT2D eigenvalue weighted by atomic mass is 19.3. The van der Waals surface area contributed by atoms with Crippen molar-refractivity contribution in [2.45, 2.75) is 5.92 Å². The number of aliphatic hydroxyl groups excluding tert-OH is 1. The molecular formula is C10H14F2N2O2. The van der Waals surface area contributed by atoms with Gasteiger partial charge in [0, 0.05) is 23.5 Å². The number of alkyl halides is 2. The van der Waals surface area contributed by atoms with E-state index in [4.69, 9.17) is 15.6 Å². The zero-order chi connectivity index (χ0) is 12.2. The number of hydrogen-bond donors (Lipinski definition) is 3. The van der Waals surface area contributed by atoms with Gasteiger partial charge in [-0.1, -0.05) is 0 Å². The van der Waals surface area contributed by atoms with Crippen LogP contribution < -0.4 is 15.8 Å². The number of benzene rings is 1. The molecule has 1 aromatic rings. The van der Waals surface area contributed by atoms with Crippen molar-refractivity contribution >= 4 is 11.4 Å². The van der Waals surface area contributed by atoms with Crippen molar-refractivity contribution in [1.82, 2.24) is 0 Å². The molecule has 0 aliphatic heterocycles. The first-order valence-electron chi connectivity index (χ1n) is 4.64. The highest BCUT2D eigenvalue weighted by Gasteiger charge is 2.27. The summed E-state index contributed by atoms with van der Waals surface area (Å²) in [4.78, 5) is 0. The topological polar surface area (TPSA) is 67.5 Å². The van der Waals surface area contributed by atoms with Gasteiger partial charge in [0.15, 0.2) is 0 Å². The Hall–Kier alpha value is -1.56. The lowest BCUT2D eigenvalue weighted by atomic mass is 10.2. The van der Waals surface area contributed by atoms with Gasteiger partial charge in [-0.3, -0.25) is 0 Å². The third-order valence-corrected chi connectivity index (χ3v) is 1.95. The molecule has 0 aliphatic rings. The van der Waals surface area contributed by atoms with Crippen molar-refractivity contribution in [1.29, 1.82) is 0 Å². The Balaban J connectivity index is 2.70. The summed E-state index contributed by atoms with van der Waals surface area (Å²) in [7, 11) is 1.46. The third kappa shape index (κ3) is 3.54. The predicted molar refractivity (Wildman–Crippen MR) is 57.9 cm³/mol. The lowest BCUT2D eigenvalue weighted by Crippen LogP contribution is -2.31. The number of ether oxygens (including phenoxy) is 1. The monoisotopic (exact) mass is 232 g/mol. The fraction of sp³-hybridized carbons (Fsp3) is 0.400. The first kappa shape index (κ1) is 12.5. The van der Waals surface area contributed by atoms with Gasteiger partial charge in [-0.2, -0.15) is 0 Å². The second-order valence-electron chi connectivity index (χ2n) is 3.36. The molecule has 1 aromatic carbocycles. The van der Waals surface area contributed by atoms with E-state index in [1.54, 1.807) is 12.1 Å². The second kappa shape index (κ2) is 4.98. The number of halogens is 2.